The van der Waals surface area contributed by atoms with Crippen LogP contribution in [0, 0.1) is 5.92 Å². The maximum absolute atomic E-state index is 13.1. The lowest BCUT2D eigenvalue weighted by molar-refractivity contribution is -0.164. The molecule has 1 atom stereocenters. The molecule has 330 valence electrons. The minimum Gasteiger partial charge on any atom is -0.465 e. The van der Waals surface area contributed by atoms with Crippen LogP contribution in [0.3, 0.4) is 0 Å². The van der Waals surface area contributed by atoms with Crippen molar-refractivity contribution in [3.63, 3.8) is 0 Å². The fourth-order valence-corrected chi connectivity index (χ4v) is 7.75. The van der Waals surface area contributed by atoms with Crippen molar-refractivity contribution in [3.05, 3.63) is 12.2 Å². The van der Waals surface area contributed by atoms with Gasteiger partial charge in [0.2, 0.25) is 0 Å². The maximum atomic E-state index is 13.1. The third-order valence-corrected chi connectivity index (χ3v) is 11.6. The molecule has 0 heterocycles. The van der Waals surface area contributed by atoms with Gasteiger partial charge in [-0.3, -0.25) is 14.4 Å². The molecule has 0 aromatic heterocycles. The van der Waals surface area contributed by atoms with Gasteiger partial charge in [0.1, 0.15) is 6.61 Å². The third kappa shape index (κ3) is 42.0. The summed E-state index contributed by atoms with van der Waals surface area (Å²) in [6.45, 7) is 6.78. The lowest BCUT2D eigenvalue weighted by Crippen LogP contribution is -2.22. The van der Waals surface area contributed by atoms with Crippen LogP contribution in [0.15, 0.2) is 12.2 Å². The Bertz CT molecular complexity index is 866. The van der Waals surface area contributed by atoms with Gasteiger partial charge in [0.05, 0.1) is 12.3 Å². The summed E-state index contributed by atoms with van der Waals surface area (Å²) in [5.41, 5.74) is 0. The van der Waals surface area contributed by atoms with Crippen molar-refractivity contribution >= 4 is 17.9 Å². The largest absolute Gasteiger partial charge is 0.465 e. The molecule has 0 saturated heterocycles. The van der Waals surface area contributed by atoms with Crippen molar-refractivity contribution in [2.24, 2.45) is 5.92 Å². The van der Waals surface area contributed by atoms with E-state index < -0.39 is 5.97 Å². The first kappa shape index (κ1) is 54.3. The summed E-state index contributed by atoms with van der Waals surface area (Å²) in [6.07, 6.45) is 53.5. The predicted molar refractivity (Wildman–Crippen MR) is 241 cm³/mol. The summed E-state index contributed by atoms with van der Waals surface area (Å²) in [5, 5.41) is 0. The van der Waals surface area contributed by atoms with Gasteiger partial charge in [-0.1, -0.05) is 238 Å². The Balaban J connectivity index is 4.32. The first-order valence-corrected chi connectivity index (χ1v) is 25.1. The second-order valence-electron chi connectivity index (χ2n) is 17.2. The van der Waals surface area contributed by atoms with E-state index in [2.05, 4.69) is 32.9 Å². The fraction of sp³-hybridized carbons (Fsp3) is 0.902. The van der Waals surface area contributed by atoms with Crippen molar-refractivity contribution in [2.75, 3.05) is 6.61 Å². The van der Waals surface area contributed by atoms with Crippen molar-refractivity contribution < 1.29 is 23.9 Å². The Morgan fingerprint density at radius 3 is 1.07 bits per heavy atom. The Hall–Kier alpha value is -1.65. The summed E-state index contributed by atoms with van der Waals surface area (Å²) in [4.78, 5) is 37.9. The number of ether oxygens (including phenoxy) is 2. The van der Waals surface area contributed by atoms with Crippen LogP contribution in [-0.2, 0) is 23.9 Å². The van der Waals surface area contributed by atoms with E-state index in [-0.39, 0.29) is 30.9 Å². The van der Waals surface area contributed by atoms with E-state index in [1.165, 1.54) is 186 Å². The van der Waals surface area contributed by atoms with Gasteiger partial charge in [0, 0.05) is 6.42 Å². The van der Waals surface area contributed by atoms with Crippen LogP contribution in [0.2, 0.25) is 0 Å². The maximum Gasteiger partial charge on any atom is 0.316 e. The zero-order valence-corrected chi connectivity index (χ0v) is 38.0. The standard InChI is InChI=1S/C51H96O5/c1-4-7-10-13-16-19-22-24-26-29-31-34-37-40-43-48(44-41-38-35-32-30-27-25-23-20-17-14-11-8-5-2)51(54)56-50(53)46-47-55-49(52)45-42-39-36-33-28-21-18-15-12-9-6-3/h24,26,48H,4-23,25,27-47H2,1-3H3. The molecule has 0 saturated carbocycles. The summed E-state index contributed by atoms with van der Waals surface area (Å²) < 4.78 is 10.6. The van der Waals surface area contributed by atoms with Gasteiger partial charge in [-0.15, -0.1) is 0 Å². The van der Waals surface area contributed by atoms with E-state index in [0.29, 0.717) is 6.42 Å². The van der Waals surface area contributed by atoms with E-state index in [9.17, 15) is 14.4 Å². The Kier molecular flexibility index (Phi) is 44.7. The van der Waals surface area contributed by atoms with Crippen LogP contribution in [-0.4, -0.2) is 24.5 Å². The van der Waals surface area contributed by atoms with Crippen LogP contribution < -0.4 is 0 Å². The van der Waals surface area contributed by atoms with E-state index in [1.807, 2.05) is 0 Å². The minimum absolute atomic E-state index is 0.0139. The lowest BCUT2D eigenvalue weighted by atomic mass is 9.94. The number of allylic oxidation sites excluding steroid dienone is 2. The monoisotopic (exact) mass is 789 g/mol. The zero-order valence-electron chi connectivity index (χ0n) is 38.0. The second kappa shape index (κ2) is 46.0. The molecule has 0 radical (unpaired) electrons. The molecule has 0 aliphatic carbocycles. The molecule has 0 aliphatic heterocycles. The molecule has 1 unspecified atom stereocenters. The van der Waals surface area contributed by atoms with Crippen LogP contribution >= 0.6 is 0 Å². The lowest BCUT2D eigenvalue weighted by Gasteiger charge is -2.15. The van der Waals surface area contributed by atoms with Gasteiger partial charge >= 0.3 is 17.9 Å². The highest BCUT2D eigenvalue weighted by atomic mass is 16.6. The molecular formula is C51H96O5. The molecule has 0 spiro atoms. The third-order valence-electron chi connectivity index (χ3n) is 11.6. The highest BCUT2D eigenvalue weighted by Gasteiger charge is 2.22. The molecule has 0 N–H and O–H groups in total. The Morgan fingerprint density at radius 2 is 0.696 bits per heavy atom. The second-order valence-corrected chi connectivity index (χ2v) is 17.2. The number of unbranched alkanes of at least 4 members (excludes halogenated alkanes) is 33. The average molecular weight is 789 g/mol. The molecular weight excluding hydrogens is 693 g/mol. The van der Waals surface area contributed by atoms with Crippen LogP contribution in [0.1, 0.15) is 284 Å². The molecule has 0 rings (SSSR count). The van der Waals surface area contributed by atoms with Gasteiger partial charge in [-0.2, -0.15) is 0 Å². The number of carbonyl (C=O) groups is 3. The van der Waals surface area contributed by atoms with Crippen molar-refractivity contribution in [1.82, 2.24) is 0 Å². The quantitative estimate of drug-likeness (QED) is 0.0266. The number of rotatable bonds is 45. The first-order valence-electron chi connectivity index (χ1n) is 25.1. The number of hydrogen-bond acceptors (Lipinski definition) is 5. The predicted octanol–water partition coefficient (Wildman–Crippen LogP) is 16.8. The van der Waals surface area contributed by atoms with E-state index >= 15 is 0 Å². The van der Waals surface area contributed by atoms with E-state index in [1.54, 1.807) is 0 Å². The van der Waals surface area contributed by atoms with Crippen LogP contribution in [0.4, 0.5) is 0 Å². The van der Waals surface area contributed by atoms with Gasteiger partial charge in [0.15, 0.2) is 0 Å². The fourth-order valence-electron chi connectivity index (χ4n) is 7.75. The summed E-state index contributed by atoms with van der Waals surface area (Å²) >= 11 is 0. The molecule has 0 aliphatic rings. The van der Waals surface area contributed by atoms with Gasteiger partial charge < -0.3 is 9.47 Å². The summed E-state index contributed by atoms with van der Waals surface area (Å²) in [6, 6.07) is 0. The SMILES string of the molecule is CCCCCCCCC=CCCCCCCC(CCCCCCCCCCCCCCCC)C(=O)OC(=O)CCOC(=O)CCCCCCCCCCCCC. The van der Waals surface area contributed by atoms with Crippen molar-refractivity contribution in [1.29, 1.82) is 0 Å². The normalized spacial score (nSPS) is 12.1. The minimum atomic E-state index is -0.573. The number of hydrogen-bond donors (Lipinski definition) is 0. The molecule has 0 amide bonds. The molecule has 0 bridgehead atoms. The first-order chi connectivity index (χ1) is 27.5. The Morgan fingerprint density at radius 1 is 0.375 bits per heavy atom. The average Bonchev–Trinajstić information content (AvgIpc) is 3.19. The number of carbonyl (C=O) groups excluding carboxylic acids is 3. The molecule has 5 heteroatoms. The highest BCUT2D eigenvalue weighted by molar-refractivity contribution is 5.86. The number of esters is 3. The van der Waals surface area contributed by atoms with Gasteiger partial charge in [0.25, 0.3) is 0 Å². The smallest absolute Gasteiger partial charge is 0.316 e. The van der Waals surface area contributed by atoms with E-state index in [4.69, 9.17) is 9.47 Å². The highest BCUT2D eigenvalue weighted by Crippen LogP contribution is 2.22. The van der Waals surface area contributed by atoms with Gasteiger partial charge in [-0.25, -0.2) is 0 Å². The van der Waals surface area contributed by atoms with E-state index in [0.717, 1.165) is 64.2 Å². The van der Waals surface area contributed by atoms with Gasteiger partial charge in [-0.05, 0) is 44.9 Å². The summed E-state index contributed by atoms with van der Waals surface area (Å²) in [5.74, 6) is -1.44. The van der Waals surface area contributed by atoms with Crippen molar-refractivity contribution in [2.45, 2.75) is 284 Å². The van der Waals surface area contributed by atoms with Crippen molar-refractivity contribution in [3.8, 4) is 0 Å². The molecule has 5 nitrogen and oxygen atoms in total. The topological polar surface area (TPSA) is 69.7 Å². The van der Waals surface area contributed by atoms with Crippen LogP contribution in [0.25, 0.3) is 0 Å². The molecule has 0 aromatic rings. The van der Waals surface area contributed by atoms with Crippen LogP contribution in [0.5, 0.6) is 0 Å². The zero-order chi connectivity index (χ0) is 40.8. The summed E-state index contributed by atoms with van der Waals surface area (Å²) in [7, 11) is 0. The Labute approximate surface area is 349 Å². The molecule has 0 fully saturated rings. The molecule has 0 aromatic carbocycles. The molecule has 56 heavy (non-hydrogen) atoms.